The van der Waals surface area contributed by atoms with Gasteiger partial charge in [-0.25, -0.2) is 5.01 Å². The second-order valence-electron chi connectivity index (χ2n) is 3.63. The number of phenols is 1. The summed E-state index contributed by atoms with van der Waals surface area (Å²) < 4.78 is 0. The summed E-state index contributed by atoms with van der Waals surface area (Å²) in [4.78, 5) is 3.06. The van der Waals surface area contributed by atoms with Crippen LogP contribution in [0, 0.1) is 5.41 Å². The van der Waals surface area contributed by atoms with Crippen LogP contribution in [0.5, 0.6) is 5.75 Å². The van der Waals surface area contributed by atoms with Gasteiger partial charge in [-0.2, -0.15) is 5.10 Å². The number of rotatable bonds is 2. The van der Waals surface area contributed by atoms with Crippen molar-refractivity contribution in [1.82, 2.24) is 9.99 Å². The number of nitrogens with two attached hydrogens (primary N) is 1. The molecule has 6 nitrogen and oxygen atoms in total. The van der Waals surface area contributed by atoms with Gasteiger partial charge in [0.2, 0.25) is 5.96 Å². The molecule has 0 fully saturated rings. The highest BCUT2D eigenvalue weighted by Gasteiger charge is 2.03. The molecular weight excluding hydrogens is 218 g/mol. The Morgan fingerprint density at radius 2 is 2.35 bits per heavy atom. The maximum atomic E-state index is 9.42. The van der Waals surface area contributed by atoms with Gasteiger partial charge in [-0.3, -0.25) is 5.41 Å². The molecule has 6 heteroatoms. The van der Waals surface area contributed by atoms with Crippen molar-refractivity contribution in [1.29, 1.82) is 5.41 Å². The van der Waals surface area contributed by atoms with E-state index in [0.29, 0.717) is 0 Å². The van der Waals surface area contributed by atoms with Crippen LogP contribution in [0.3, 0.4) is 0 Å². The second-order valence-corrected chi connectivity index (χ2v) is 3.63. The van der Waals surface area contributed by atoms with Crippen molar-refractivity contribution in [3.63, 3.8) is 0 Å². The molecule has 88 valence electrons. The molecule has 1 aromatic carbocycles. The van der Waals surface area contributed by atoms with E-state index < -0.39 is 0 Å². The van der Waals surface area contributed by atoms with E-state index in [1.165, 1.54) is 5.01 Å². The Kier molecular flexibility index (Phi) is 2.70. The summed E-state index contributed by atoms with van der Waals surface area (Å²) in [6, 6.07) is 5.05. The van der Waals surface area contributed by atoms with Gasteiger partial charge in [0.15, 0.2) is 0 Å². The first-order valence-electron chi connectivity index (χ1n) is 5.00. The second kappa shape index (κ2) is 4.17. The predicted molar refractivity (Wildman–Crippen MR) is 67.2 cm³/mol. The van der Waals surface area contributed by atoms with Gasteiger partial charge in [0.25, 0.3) is 0 Å². The molecule has 5 N–H and O–H groups in total. The van der Waals surface area contributed by atoms with Crippen LogP contribution in [0.1, 0.15) is 5.56 Å². The van der Waals surface area contributed by atoms with Crippen LogP contribution < -0.4 is 5.73 Å². The first-order valence-corrected chi connectivity index (χ1v) is 5.00. The van der Waals surface area contributed by atoms with Crippen LogP contribution in [0.15, 0.2) is 29.5 Å². The number of H-pyrrole nitrogens is 1. The van der Waals surface area contributed by atoms with Crippen molar-refractivity contribution >= 4 is 23.1 Å². The first kappa shape index (κ1) is 11.0. The quantitative estimate of drug-likeness (QED) is 0.352. The lowest BCUT2D eigenvalue weighted by Gasteiger charge is -2.07. The smallest absolute Gasteiger partial charge is 0.208 e. The Labute approximate surface area is 97.9 Å². The Hall–Kier alpha value is -2.50. The number of aromatic nitrogens is 1. The molecule has 1 heterocycles. The SMILES string of the molecule is CN(/N=C/c1c[nH]c2ccc(O)cc12)C(=N)N. The number of phenolic OH excluding ortho intramolecular Hbond substituents is 1. The highest BCUT2D eigenvalue weighted by atomic mass is 16.3. The Morgan fingerprint density at radius 1 is 1.59 bits per heavy atom. The van der Waals surface area contributed by atoms with Crippen LogP contribution in [0.4, 0.5) is 0 Å². The van der Waals surface area contributed by atoms with E-state index >= 15 is 0 Å². The molecule has 0 aliphatic rings. The molecule has 0 spiro atoms. The summed E-state index contributed by atoms with van der Waals surface area (Å²) in [6.45, 7) is 0. The molecule has 0 saturated carbocycles. The number of fused-ring (bicyclic) bond motifs is 1. The molecule has 0 amide bonds. The lowest BCUT2D eigenvalue weighted by molar-refractivity contribution is 0.476. The lowest BCUT2D eigenvalue weighted by Crippen LogP contribution is -2.28. The summed E-state index contributed by atoms with van der Waals surface area (Å²) in [5.74, 6) is 0.0654. The standard InChI is InChI=1S/C11H13N5O/c1-16(11(12)13)15-6-7-5-14-10-3-2-8(17)4-9(7)10/h2-6,14,17H,1H3,(H3,12,13)/b15-6+. The zero-order valence-electron chi connectivity index (χ0n) is 9.31. The number of aromatic hydroxyl groups is 1. The third-order valence-electron chi connectivity index (χ3n) is 2.42. The molecule has 0 saturated heterocycles. The number of nitrogens with one attached hydrogen (secondary N) is 2. The molecule has 0 bridgehead atoms. The van der Waals surface area contributed by atoms with E-state index in [2.05, 4.69) is 10.1 Å². The monoisotopic (exact) mass is 231 g/mol. The zero-order valence-corrected chi connectivity index (χ0v) is 9.31. The highest BCUT2D eigenvalue weighted by molar-refractivity contribution is 5.99. The van der Waals surface area contributed by atoms with Crippen molar-refractivity contribution in [2.24, 2.45) is 10.8 Å². The van der Waals surface area contributed by atoms with Crippen molar-refractivity contribution < 1.29 is 5.11 Å². The van der Waals surface area contributed by atoms with Crippen LogP contribution >= 0.6 is 0 Å². The summed E-state index contributed by atoms with van der Waals surface area (Å²) in [6.07, 6.45) is 3.36. The average Bonchev–Trinajstić information content (AvgIpc) is 2.68. The van der Waals surface area contributed by atoms with Crippen LogP contribution in [0.2, 0.25) is 0 Å². The Bertz CT molecular complexity index is 587. The fraction of sp³-hybridized carbons (Fsp3) is 0.0909. The third-order valence-corrected chi connectivity index (χ3v) is 2.42. The number of guanidine groups is 1. The van der Waals surface area contributed by atoms with Gasteiger partial charge >= 0.3 is 0 Å². The normalized spacial score (nSPS) is 11.1. The van der Waals surface area contributed by atoms with Crippen molar-refractivity contribution in [2.75, 3.05) is 7.05 Å². The van der Waals surface area contributed by atoms with E-state index in [9.17, 15) is 5.11 Å². The fourth-order valence-corrected chi connectivity index (χ4v) is 1.45. The number of aromatic amines is 1. The van der Waals surface area contributed by atoms with Gasteiger partial charge in [0, 0.05) is 29.7 Å². The Morgan fingerprint density at radius 3 is 3.06 bits per heavy atom. The summed E-state index contributed by atoms with van der Waals surface area (Å²) in [5.41, 5.74) is 6.99. The molecule has 1 aromatic heterocycles. The highest BCUT2D eigenvalue weighted by Crippen LogP contribution is 2.21. The predicted octanol–water partition coefficient (Wildman–Crippen LogP) is 1.03. The minimum atomic E-state index is -0.135. The van der Waals surface area contributed by atoms with E-state index in [1.54, 1.807) is 37.7 Å². The summed E-state index contributed by atoms with van der Waals surface area (Å²) >= 11 is 0. The maximum Gasteiger partial charge on any atom is 0.208 e. The lowest BCUT2D eigenvalue weighted by atomic mass is 10.2. The largest absolute Gasteiger partial charge is 0.508 e. The van der Waals surface area contributed by atoms with E-state index in [4.69, 9.17) is 11.1 Å². The molecule has 0 radical (unpaired) electrons. The van der Waals surface area contributed by atoms with Crippen molar-refractivity contribution in [3.05, 3.63) is 30.0 Å². The maximum absolute atomic E-state index is 9.42. The van der Waals surface area contributed by atoms with Crippen LogP contribution in [-0.2, 0) is 0 Å². The van der Waals surface area contributed by atoms with Crippen LogP contribution in [0.25, 0.3) is 10.9 Å². The van der Waals surface area contributed by atoms with E-state index in [0.717, 1.165) is 16.5 Å². The fourth-order valence-electron chi connectivity index (χ4n) is 1.45. The number of hydrazone groups is 1. The van der Waals surface area contributed by atoms with Gasteiger partial charge in [-0.05, 0) is 18.2 Å². The third kappa shape index (κ3) is 2.20. The molecule has 0 atom stereocenters. The molecular formula is C11H13N5O. The zero-order chi connectivity index (χ0) is 12.4. The van der Waals surface area contributed by atoms with Gasteiger partial charge < -0.3 is 15.8 Å². The van der Waals surface area contributed by atoms with Gasteiger partial charge in [0.05, 0.1) is 6.21 Å². The number of benzene rings is 1. The molecule has 2 aromatic rings. The van der Waals surface area contributed by atoms with Gasteiger partial charge in [0.1, 0.15) is 5.75 Å². The van der Waals surface area contributed by atoms with Gasteiger partial charge in [-0.15, -0.1) is 0 Å². The number of hydrogen-bond acceptors (Lipinski definition) is 3. The van der Waals surface area contributed by atoms with E-state index in [1.807, 2.05) is 0 Å². The van der Waals surface area contributed by atoms with Crippen molar-refractivity contribution in [3.8, 4) is 5.75 Å². The molecule has 2 rings (SSSR count). The average molecular weight is 231 g/mol. The van der Waals surface area contributed by atoms with Crippen molar-refractivity contribution in [2.45, 2.75) is 0 Å². The molecule has 0 aliphatic heterocycles. The Balaban J connectivity index is 2.36. The summed E-state index contributed by atoms with van der Waals surface area (Å²) in [7, 11) is 1.59. The van der Waals surface area contributed by atoms with Crippen LogP contribution in [-0.4, -0.2) is 34.3 Å². The first-order chi connectivity index (χ1) is 8.08. The minimum Gasteiger partial charge on any atom is -0.508 e. The summed E-state index contributed by atoms with van der Waals surface area (Å²) in [5, 5.41) is 22.7. The molecule has 17 heavy (non-hydrogen) atoms. The topological polar surface area (TPSA) is 101 Å². The molecule has 0 unspecified atom stereocenters. The number of hydrogen-bond donors (Lipinski definition) is 4. The number of nitrogens with zero attached hydrogens (tertiary/aromatic N) is 2. The minimum absolute atomic E-state index is 0.135. The van der Waals surface area contributed by atoms with E-state index in [-0.39, 0.29) is 11.7 Å². The van der Waals surface area contributed by atoms with Gasteiger partial charge in [-0.1, -0.05) is 0 Å². The molecule has 0 aliphatic carbocycles.